The van der Waals surface area contributed by atoms with Crippen LogP contribution in [0.4, 0.5) is 10.7 Å². The summed E-state index contributed by atoms with van der Waals surface area (Å²) in [5.41, 5.74) is 6.60. The van der Waals surface area contributed by atoms with Gasteiger partial charge in [-0.2, -0.15) is 0 Å². The van der Waals surface area contributed by atoms with Crippen LogP contribution < -0.4 is 21.7 Å². The minimum absolute atomic E-state index is 0.234. The van der Waals surface area contributed by atoms with Gasteiger partial charge in [-0.25, -0.2) is 0 Å². The molecule has 0 spiro atoms. The van der Waals surface area contributed by atoms with Gasteiger partial charge in [0.2, 0.25) is 0 Å². The Morgan fingerprint density at radius 1 is 1.29 bits per heavy atom. The molecule has 1 aromatic heterocycles. The molecular weight excluding hydrogens is 288 g/mol. The highest BCUT2D eigenvalue weighted by Crippen LogP contribution is 2.35. The number of nitrogen functional groups attached to an aromatic ring is 1. The highest BCUT2D eigenvalue weighted by Gasteiger charge is 2.24. The Morgan fingerprint density at radius 3 is 2.48 bits per heavy atom. The third kappa shape index (κ3) is 4.35. The van der Waals surface area contributed by atoms with E-state index in [1.165, 1.54) is 11.3 Å². The van der Waals surface area contributed by atoms with Gasteiger partial charge in [0.15, 0.2) is 0 Å². The molecule has 0 aromatic carbocycles. The molecule has 7 heteroatoms. The molecule has 0 saturated heterocycles. The number of nitrogens with one attached hydrogen (secondary N) is 3. The molecule has 2 amide bonds. The molecule has 0 unspecified atom stereocenters. The van der Waals surface area contributed by atoms with Gasteiger partial charge in [0.05, 0.1) is 11.3 Å². The topological polar surface area (TPSA) is 96.2 Å². The van der Waals surface area contributed by atoms with Crippen LogP contribution in [0.2, 0.25) is 0 Å². The SMILES string of the molecule is CCCNC(=O)c1sc(NCC(C)C)c(C(=O)NC)c1N. The smallest absolute Gasteiger partial charge is 0.263 e. The largest absolute Gasteiger partial charge is 0.397 e. The second-order valence-electron chi connectivity index (χ2n) is 5.16. The zero-order valence-electron chi connectivity index (χ0n) is 13.0. The molecule has 1 aromatic rings. The number of amides is 2. The van der Waals surface area contributed by atoms with Crippen molar-refractivity contribution in [1.82, 2.24) is 10.6 Å². The van der Waals surface area contributed by atoms with Gasteiger partial charge in [0.25, 0.3) is 11.8 Å². The minimum atomic E-state index is -0.287. The lowest BCUT2D eigenvalue weighted by Gasteiger charge is -2.09. The van der Waals surface area contributed by atoms with E-state index in [1.54, 1.807) is 7.05 Å². The Kier molecular flexibility index (Phi) is 6.48. The average Bonchev–Trinajstić information content (AvgIpc) is 2.78. The fourth-order valence-electron chi connectivity index (χ4n) is 1.70. The number of thiophene rings is 1. The van der Waals surface area contributed by atoms with Gasteiger partial charge >= 0.3 is 0 Å². The number of carbonyl (C=O) groups is 2. The first kappa shape index (κ1) is 17.3. The standard InChI is InChI=1S/C14H24N4O2S/c1-5-6-17-13(20)11-10(15)9(12(19)16-4)14(21-11)18-7-8(2)3/h8,18H,5-7,15H2,1-4H3,(H,16,19)(H,17,20). The number of hydrogen-bond acceptors (Lipinski definition) is 5. The molecule has 21 heavy (non-hydrogen) atoms. The Bertz CT molecular complexity index is 511. The van der Waals surface area contributed by atoms with Gasteiger partial charge in [-0.3, -0.25) is 9.59 Å². The van der Waals surface area contributed by atoms with Crippen LogP contribution in [-0.4, -0.2) is 32.0 Å². The van der Waals surface area contributed by atoms with Crippen molar-refractivity contribution in [3.05, 3.63) is 10.4 Å². The molecular formula is C14H24N4O2S. The molecule has 0 radical (unpaired) electrons. The number of anilines is 2. The molecule has 5 N–H and O–H groups in total. The van der Waals surface area contributed by atoms with Gasteiger partial charge in [-0.15, -0.1) is 11.3 Å². The van der Waals surface area contributed by atoms with E-state index in [4.69, 9.17) is 5.73 Å². The summed E-state index contributed by atoms with van der Waals surface area (Å²) in [6.45, 7) is 7.40. The maximum atomic E-state index is 12.1. The predicted octanol–water partition coefficient (Wildman–Crippen LogP) is 1.90. The van der Waals surface area contributed by atoms with Crippen molar-refractivity contribution >= 4 is 33.8 Å². The molecule has 118 valence electrons. The van der Waals surface area contributed by atoms with Crippen molar-refractivity contribution in [2.75, 3.05) is 31.2 Å². The van der Waals surface area contributed by atoms with Gasteiger partial charge in [-0.1, -0.05) is 20.8 Å². The quantitative estimate of drug-likeness (QED) is 0.618. The third-order valence-electron chi connectivity index (χ3n) is 2.81. The zero-order chi connectivity index (χ0) is 16.0. The van der Waals surface area contributed by atoms with Crippen LogP contribution in [-0.2, 0) is 0 Å². The normalized spacial score (nSPS) is 10.5. The van der Waals surface area contributed by atoms with Crippen LogP contribution >= 0.6 is 11.3 Å². The Balaban J connectivity index is 3.10. The summed E-state index contributed by atoms with van der Waals surface area (Å²) in [6, 6.07) is 0. The van der Waals surface area contributed by atoms with Crippen LogP contribution in [0.1, 0.15) is 47.2 Å². The molecule has 0 aliphatic rings. The van der Waals surface area contributed by atoms with Crippen LogP contribution in [0.3, 0.4) is 0 Å². The van der Waals surface area contributed by atoms with E-state index in [2.05, 4.69) is 29.8 Å². The molecule has 0 bridgehead atoms. The summed E-state index contributed by atoms with van der Waals surface area (Å²) in [5.74, 6) is -0.102. The maximum Gasteiger partial charge on any atom is 0.263 e. The fourth-order valence-corrected chi connectivity index (χ4v) is 2.74. The average molecular weight is 312 g/mol. The zero-order valence-corrected chi connectivity index (χ0v) is 13.8. The van der Waals surface area contributed by atoms with Crippen molar-refractivity contribution < 1.29 is 9.59 Å². The van der Waals surface area contributed by atoms with Crippen LogP contribution in [0, 0.1) is 5.92 Å². The Morgan fingerprint density at radius 2 is 1.95 bits per heavy atom. The van der Waals surface area contributed by atoms with Crippen LogP contribution in [0.15, 0.2) is 0 Å². The lowest BCUT2D eigenvalue weighted by Crippen LogP contribution is -2.24. The highest BCUT2D eigenvalue weighted by molar-refractivity contribution is 7.19. The van der Waals surface area contributed by atoms with Gasteiger partial charge in [0.1, 0.15) is 9.88 Å². The molecule has 0 aliphatic heterocycles. The predicted molar refractivity (Wildman–Crippen MR) is 88.1 cm³/mol. The summed E-state index contributed by atoms with van der Waals surface area (Å²) in [7, 11) is 1.54. The van der Waals surface area contributed by atoms with Crippen molar-refractivity contribution in [2.24, 2.45) is 5.92 Å². The number of nitrogens with two attached hydrogens (primary N) is 1. The van der Waals surface area contributed by atoms with Crippen molar-refractivity contribution in [3.63, 3.8) is 0 Å². The second kappa shape index (κ2) is 7.87. The third-order valence-corrected chi connectivity index (χ3v) is 3.97. The van der Waals surface area contributed by atoms with E-state index in [0.717, 1.165) is 6.42 Å². The molecule has 0 atom stereocenters. The van der Waals surface area contributed by atoms with E-state index < -0.39 is 0 Å². The van der Waals surface area contributed by atoms with E-state index in [-0.39, 0.29) is 17.5 Å². The first-order chi connectivity index (χ1) is 9.92. The van der Waals surface area contributed by atoms with E-state index in [0.29, 0.717) is 34.4 Å². The first-order valence-corrected chi connectivity index (χ1v) is 7.90. The number of rotatable bonds is 7. The second-order valence-corrected chi connectivity index (χ2v) is 6.18. The molecule has 1 rings (SSSR count). The molecule has 1 heterocycles. The molecule has 0 fully saturated rings. The molecule has 0 aliphatic carbocycles. The van der Waals surface area contributed by atoms with Crippen LogP contribution in [0.5, 0.6) is 0 Å². The van der Waals surface area contributed by atoms with Crippen LogP contribution in [0.25, 0.3) is 0 Å². The van der Waals surface area contributed by atoms with E-state index in [9.17, 15) is 9.59 Å². The number of carbonyl (C=O) groups excluding carboxylic acids is 2. The first-order valence-electron chi connectivity index (χ1n) is 7.08. The highest BCUT2D eigenvalue weighted by atomic mass is 32.1. The summed E-state index contributed by atoms with van der Waals surface area (Å²) < 4.78 is 0. The van der Waals surface area contributed by atoms with E-state index >= 15 is 0 Å². The molecule has 0 saturated carbocycles. The maximum absolute atomic E-state index is 12.1. The lowest BCUT2D eigenvalue weighted by molar-refractivity contribution is 0.0957. The van der Waals surface area contributed by atoms with Crippen molar-refractivity contribution in [2.45, 2.75) is 27.2 Å². The summed E-state index contributed by atoms with van der Waals surface area (Å²) in [4.78, 5) is 24.5. The minimum Gasteiger partial charge on any atom is -0.397 e. The fraction of sp³-hybridized carbons (Fsp3) is 0.571. The van der Waals surface area contributed by atoms with E-state index in [1.807, 2.05) is 6.92 Å². The monoisotopic (exact) mass is 312 g/mol. The van der Waals surface area contributed by atoms with Gasteiger partial charge < -0.3 is 21.7 Å². The summed E-state index contributed by atoms with van der Waals surface area (Å²) >= 11 is 1.22. The Labute approximate surface area is 129 Å². The summed E-state index contributed by atoms with van der Waals surface area (Å²) in [5, 5.41) is 9.18. The number of hydrogen-bond donors (Lipinski definition) is 4. The van der Waals surface area contributed by atoms with Gasteiger partial charge in [-0.05, 0) is 12.3 Å². The molecule has 6 nitrogen and oxygen atoms in total. The Hall–Kier alpha value is -1.76. The van der Waals surface area contributed by atoms with Crippen molar-refractivity contribution in [1.29, 1.82) is 0 Å². The lowest BCUT2D eigenvalue weighted by atomic mass is 10.2. The van der Waals surface area contributed by atoms with Gasteiger partial charge in [0, 0.05) is 20.1 Å². The summed E-state index contributed by atoms with van der Waals surface area (Å²) in [6.07, 6.45) is 0.845. The van der Waals surface area contributed by atoms with Crippen molar-refractivity contribution in [3.8, 4) is 0 Å².